The van der Waals surface area contributed by atoms with Crippen LogP contribution in [0, 0.1) is 0 Å². The summed E-state index contributed by atoms with van der Waals surface area (Å²) in [7, 11) is 5.15. The molecule has 4 rings (SSSR count). The third kappa shape index (κ3) is 2.92. The molecule has 3 aromatic carbocycles. The fraction of sp³-hybridized carbons (Fsp3) is 0.304. The van der Waals surface area contributed by atoms with Crippen molar-refractivity contribution in [3.8, 4) is 17.2 Å². The maximum absolute atomic E-state index is 5.87. The van der Waals surface area contributed by atoms with Gasteiger partial charge in [0.05, 0.1) is 21.3 Å². The first-order chi connectivity index (χ1) is 13.2. The predicted octanol–water partition coefficient (Wildman–Crippen LogP) is 5.67. The summed E-state index contributed by atoms with van der Waals surface area (Å²) in [5, 5.41) is 2.58. The topological polar surface area (TPSA) is 27.7 Å². The SMILES string of the molecule is COc1ccc(C2CCc3ccc(SC)c4cc(OC)c(OC)c2c34)cc1. The van der Waals surface area contributed by atoms with E-state index in [1.54, 1.807) is 33.1 Å². The van der Waals surface area contributed by atoms with Crippen LogP contribution in [0.25, 0.3) is 10.8 Å². The lowest BCUT2D eigenvalue weighted by Crippen LogP contribution is -2.13. The van der Waals surface area contributed by atoms with Gasteiger partial charge in [-0.1, -0.05) is 18.2 Å². The van der Waals surface area contributed by atoms with Crippen LogP contribution in [-0.2, 0) is 6.42 Å². The molecule has 140 valence electrons. The van der Waals surface area contributed by atoms with E-state index in [1.165, 1.54) is 32.4 Å². The number of benzene rings is 3. The minimum absolute atomic E-state index is 0.271. The molecule has 0 aromatic heterocycles. The normalized spacial score (nSPS) is 15.6. The van der Waals surface area contributed by atoms with Crippen molar-refractivity contribution in [3.63, 3.8) is 0 Å². The molecule has 3 nitrogen and oxygen atoms in total. The maximum atomic E-state index is 5.87. The van der Waals surface area contributed by atoms with Gasteiger partial charge in [0, 0.05) is 16.4 Å². The summed E-state index contributed by atoms with van der Waals surface area (Å²) in [6, 6.07) is 15.0. The summed E-state index contributed by atoms with van der Waals surface area (Å²) in [5.74, 6) is 2.80. The highest BCUT2D eigenvalue weighted by molar-refractivity contribution is 7.98. The average Bonchev–Trinajstić information content (AvgIpc) is 2.73. The Labute approximate surface area is 164 Å². The van der Waals surface area contributed by atoms with Crippen molar-refractivity contribution in [2.45, 2.75) is 23.7 Å². The Morgan fingerprint density at radius 1 is 0.926 bits per heavy atom. The van der Waals surface area contributed by atoms with E-state index in [-0.39, 0.29) is 5.92 Å². The number of thioether (sulfide) groups is 1. The second-order valence-corrected chi connectivity index (χ2v) is 7.59. The van der Waals surface area contributed by atoms with Gasteiger partial charge in [-0.3, -0.25) is 0 Å². The Morgan fingerprint density at radius 3 is 2.33 bits per heavy atom. The van der Waals surface area contributed by atoms with Crippen molar-refractivity contribution in [1.29, 1.82) is 0 Å². The molecule has 27 heavy (non-hydrogen) atoms. The van der Waals surface area contributed by atoms with Crippen LogP contribution in [0.4, 0.5) is 0 Å². The third-order valence-corrected chi connectivity index (χ3v) is 6.31. The Balaban J connectivity index is 2.02. The van der Waals surface area contributed by atoms with Crippen LogP contribution in [0.1, 0.15) is 29.0 Å². The van der Waals surface area contributed by atoms with E-state index in [1.807, 2.05) is 12.1 Å². The number of rotatable bonds is 5. The molecule has 0 saturated heterocycles. The average molecular weight is 381 g/mol. The molecule has 1 aliphatic carbocycles. The second kappa shape index (κ2) is 7.35. The van der Waals surface area contributed by atoms with Gasteiger partial charge in [-0.25, -0.2) is 0 Å². The van der Waals surface area contributed by atoms with Crippen molar-refractivity contribution < 1.29 is 14.2 Å². The molecule has 1 unspecified atom stereocenters. The molecule has 0 aliphatic heterocycles. The quantitative estimate of drug-likeness (QED) is 0.533. The van der Waals surface area contributed by atoms with Crippen molar-refractivity contribution >= 4 is 22.5 Å². The molecule has 0 N–H and O–H groups in total. The summed E-state index contributed by atoms with van der Waals surface area (Å²) in [6.07, 6.45) is 4.23. The van der Waals surface area contributed by atoms with Gasteiger partial charge in [-0.05, 0) is 65.3 Å². The smallest absolute Gasteiger partial charge is 0.165 e. The molecule has 0 amide bonds. The van der Waals surface area contributed by atoms with Gasteiger partial charge in [0.15, 0.2) is 11.5 Å². The summed E-state index contributed by atoms with van der Waals surface area (Å²) in [5.41, 5.74) is 3.92. The monoisotopic (exact) mass is 380 g/mol. The molecule has 0 radical (unpaired) electrons. The molecule has 0 bridgehead atoms. The summed E-state index contributed by atoms with van der Waals surface area (Å²) in [6.45, 7) is 0. The minimum atomic E-state index is 0.271. The third-order valence-electron chi connectivity index (χ3n) is 5.52. The zero-order valence-electron chi connectivity index (χ0n) is 16.2. The van der Waals surface area contributed by atoms with E-state index in [0.29, 0.717) is 0 Å². The van der Waals surface area contributed by atoms with E-state index in [2.05, 4.69) is 36.6 Å². The first-order valence-corrected chi connectivity index (χ1v) is 10.3. The Bertz CT molecular complexity index is 979. The van der Waals surface area contributed by atoms with Crippen molar-refractivity contribution in [1.82, 2.24) is 0 Å². The zero-order chi connectivity index (χ0) is 19.0. The molecule has 0 fully saturated rings. The highest BCUT2D eigenvalue weighted by atomic mass is 32.2. The van der Waals surface area contributed by atoms with Gasteiger partial charge in [-0.2, -0.15) is 0 Å². The van der Waals surface area contributed by atoms with E-state index >= 15 is 0 Å². The van der Waals surface area contributed by atoms with Gasteiger partial charge >= 0.3 is 0 Å². The van der Waals surface area contributed by atoms with Crippen molar-refractivity contribution in [3.05, 3.63) is 59.2 Å². The number of aryl methyl sites for hydroxylation is 1. The van der Waals surface area contributed by atoms with E-state index in [4.69, 9.17) is 14.2 Å². The molecular formula is C23H24O3S. The fourth-order valence-electron chi connectivity index (χ4n) is 4.24. The molecule has 0 spiro atoms. The predicted molar refractivity (Wildman–Crippen MR) is 112 cm³/mol. The van der Waals surface area contributed by atoms with Crippen LogP contribution >= 0.6 is 11.8 Å². The highest BCUT2D eigenvalue weighted by Crippen LogP contribution is 2.50. The lowest BCUT2D eigenvalue weighted by molar-refractivity contribution is 0.350. The fourth-order valence-corrected chi connectivity index (χ4v) is 4.83. The molecule has 4 heteroatoms. The van der Waals surface area contributed by atoms with Crippen molar-refractivity contribution in [2.75, 3.05) is 27.6 Å². The van der Waals surface area contributed by atoms with Gasteiger partial charge in [0.2, 0.25) is 0 Å². The zero-order valence-corrected chi connectivity index (χ0v) is 17.0. The maximum Gasteiger partial charge on any atom is 0.165 e. The molecule has 1 atom stereocenters. The lowest BCUT2D eigenvalue weighted by atomic mass is 9.77. The summed E-state index contributed by atoms with van der Waals surface area (Å²) in [4.78, 5) is 1.27. The van der Waals surface area contributed by atoms with Crippen LogP contribution in [0.15, 0.2) is 47.4 Å². The molecule has 1 aliphatic rings. The lowest BCUT2D eigenvalue weighted by Gasteiger charge is -2.30. The van der Waals surface area contributed by atoms with E-state index in [9.17, 15) is 0 Å². The number of methoxy groups -OCH3 is 3. The standard InChI is InChI=1S/C23H24O3S/c1-24-16-9-5-14(6-10-16)17-11-7-15-8-12-20(27-4)18-13-19(25-2)23(26-3)22(17)21(15)18/h5-6,8-10,12-13,17H,7,11H2,1-4H3. The first kappa shape index (κ1) is 18.1. The summed E-state index contributed by atoms with van der Waals surface area (Å²) < 4.78 is 16.9. The largest absolute Gasteiger partial charge is 0.497 e. The first-order valence-electron chi connectivity index (χ1n) is 9.10. The van der Waals surface area contributed by atoms with Gasteiger partial charge in [0.1, 0.15) is 5.75 Å². The Morgan fingerprint density at radius 2 is 1.70 bits per heavy atom. The summed E-state index contributed by atoms with van der Waals surface area (Å²) >= 11 is 1.77. The van der Waals surface area contributed by atoms with Gasteiger partial charge < -0.3 is 14.2 Å². The van der Waals surface area contributed by atoms with Gasteiger partial charge in [0.25, 0.3) is 0 Å². The van der Waals surface area contributed by atoms with Crippen LogP contribution in [0.5, 0.6) is 17.2 Å². The van der Waals surface area contributed by atoms with Crippen LogP contribution in [0.3, 0.4) is 0 Å². The molecule has 3 aromatic rings. The van der Waals surface area contributed by atoms with E-state index in [0.717, 1.165) is 30.1 Å². The van der Waals surface area contributed by atoms with Crippen LogP contribution < -0.4 is 14.2 Å². The van der Waals surface area contributed by atoms with Crippen LogP contribution in [0.2, 0.25) is 0 Å². The second-order valence-electron chi connectivity index (χ2n) is 6.74. The molecule has 0 heterocycles. The highest BCUT2D eigenvalue weighted by Gasteiger charge is 2.30. The van der Waals surface area contributed by atoms with Crippen LogP contribution in [-0.4, -0.2) is 27.6 Å². The Hall–Kier alpha value is -2.33. The van der Waals surface area contributed by atoms with E-state index < -0.39 is 0 Å². The van der Waals surface area contributed by atoms with Gasteiger partial charge in [-0.15, -0.1) is 11.8 Å². The molecular weight excluding hydrogens is 356 g/mol. The van der Waals surface area contributed by atoms with Crippen molar-refractivity contribution in [2.24, 2.45) is 0 Å². The number of hydrogen-bond donors (Lipinski definition) is 0. The number of hydrogen-bond acceptors (Lipinski definition) is 4. The Kier molecular flexibility index (Phi) is 4.92. The molecule has 0 saturated carbocycles. The number of ether oxygens (including phenoxy) is 3. The minimum Gasteiger partial charge on any atom is -0.497 e.